The van der Waals surface area contributed by atoms with Crippen molar-refractivity contribution < 1.29 is 9.59 Å². The molecule has 0 saturated heterocycles. The summed E-state index contributed by atoms with van der Waals surface area (Å²) in [7, 11) is 0. The highest BCUT2D eigenvalue weighted by Gasteiger charge is 2.34. The Morgan fingerprint density at radius 2 is 1.74 bits per heavy atom. The van der Waals surface area contributed by atoms with E-state index >= 15 is 0 Å². The van der Waals surface area contributed by atoms with Gasteiger partial charge in [-0.15, -0.1) is 0 Å². The summed E-state index contributed by atoms with van der Waals surface area (Å²) in [6.07, 6.45) is 9.08. The van der Waals surface area contributed by atoms with Crippen molar-refractivity contribution >= 4 is 28.8 Å². The van der Waals surface area contributed by atoms with E-state index in [-0.39, 0.29) is 24.3 Å². The molecule has 0 unspecified atom stereocenters. The van der Waals surface area contributed by atoms with E-state index in [0.717, 1.165) is 61.8 Å². The molecule has 176 valence electrons. The van der Waals surface area contributed by atoms with Crippen molar-refractivity contribution in [3.05, 3.63) is 87.6 Å². The maximum absolute atomic E-state index is 13.9. The lowest BCUT2D eigenvalue weighted by Crippen LogP contribution is -2.47. The van der Waals surface area contributed by atoms with Crippen molar-refractivity contribution in [2.45, 2.75) is 69.9 Å². The summed E-state index contributed by atoms with van der Waals surface area (Å²) >= 11 is 1.59. The third-order valence-electron chi connectivity index (χ3n) is 7.14. The Morgan fingerprint density at radius 1 is 0.941 bits per heavy atom. The molecule has 1 aromatic heterocycles. The Labute approximate surface area is 206 Å². The number of carbonyl (C=O) groups excluding carboxylic acids is 2. The lowest BCUT2D eigenvalue weighted by molar-refractivity contribution is -0.127. The van der Waals surface area contributed by atoms with Crippen molar-refractivity contribution in [3.63, 3.8) is 0 Å². The highest BCUT2D eigenvalue weighted by molar-refractivity contribution is 7.08. The second-order valence-corrected chi connectivity index (χ2v) is 10.3. The quantitative estimate of drug-likeness (QED) is 0.458. The van der Waals surface area contributed by atoms with Gasteiger partial charge in [-0.3, -0.25) is 14.5 Å². The molecule has 2 aliphatic rings. The van der Waals surface area contributed by atoms with Crippen LogP contribution in [0.3, 0.4) is 0 Å². The molecule has 1 fully saturated rings. The van der Waals surface area contributed by atoms with Crippen LogP contribution in [0.15, 0.2) is 65.4 Å². The normalized spacial score (nSPS) is 16.6. The summed E-state index contributed by atoms with van der Waals surface area (Å²) in [6, 6.07) is 17.5. The van der Waals surface area contributed by atoms with Gasteiger partial charge in [0.1, 0.15) is 6.04 Å². The molecule has 5 heteroatoms. The fraction of sp³-hybridized carbons (Fsp3) is 0.379. The van der Waals surface area contributed by atoms with Gasteiger partial charge in [-0.25, -0.2) is 0 Å². The molecule has 0 bridgehead atoms. The van der Waals surface area contributed by atoms with E-state index < -0.39 is 6.04 Å². The molecule has 0 radical (unpaired) electrons. The number of fused-ring (bicyclic) bond motifs is 1. The van der Waals surface area contributed by atoms with Crippen LogP contribution in [0.2, 0.25) is 0 Å². The van der Waals surface area contributed by atoms with Gasteiger partial charge < -0.3 is 5.32 Å². The standard InChI is InChI=1S/C29H32N2O2S/c32-27(18-21-16-17-34-20-21)31(26-15-14-22-10-7-11-24(22)19-26)28(23-8-3-1-4-9-23)29(33)30-25-12-5-2-6-13-25/h1,3-4,8-9,14-17,19-20,25,28H,2,5-7,10-13,18H2,(H,30,33)/t28-/m1/s1. The van der Waals surface area contributed by atoms with Gasteiger partial charge in [0.2, 0.25) is 11.8 Å². The van der Waals surface area contributed by atoms with Crippen molar-refractivity contribution in [2.24, 2.45) is 0 Å². The van der Waals surface area contributed by atoms with E-state index in [1.807, 2.05) is 53.2 Å². The van der Waals surface area contributed by atoms with Gasteiger partial charge in [0.15, 0.2) is 0 Å². The highest BCUT2D eigenvalue weighted by Crippen LogP contribution is 2.33. The summed E-state index contributed by atoms with van der Waals surface area (Å²) in [5.41, 5.74) is 5.30. The first-order chi connectivity index (χ1) is 16.7. The first-order valence-electron chi connectivity index (χ1n) is 12.5. The van der Waals surface area contributed by atoms with Crippen molar-refractivity contribution in [2.75, 3.05) is 4.90 Å². The molecule has 1 N–H and O–H groups in total. The number of anilines is 1. The van der Waals surface area contributed by atoms with Crippen LogP contribution in [-0.4, -0.2) is 17.9 Å². The van der Waals surface area contributed by atoms with E-state index in [2.05, 4.69) is 17.4 Å². The molecule has 2 aromatic carbocycles. The second-order valence-electron chi connectivity index (χ2n) is 9.54. The second kappa shape index (κ2) is 10.6. The largest absolute Gasteiger partial charge is 0.351 e. The van der Waals surface area contributed by atoms with Gasteiger partial charge >= 0.3 is 0 Å². The van der Waals surface area contributed by atoms with Crippen LogP contribution >= 0.6 is 11.3 Å². The number of rotatable bonds is 7. The predicted octanol–water partition coefficient (Wildman–Crippen LogP) is 6.00. The summed E-state index contributed by atoms with van der Waals surface area (Å²) in [5.74, 6) is -0.138. The Kier molecular flexibility index (Phi) is 7.10. The van der Waals surface area contributed by atoms with Gasteiger partial charge in [-0.05, 0) is 83.3 Å². The van der Waals surface area contributed by atoms with Crippen LogP contribution in [0.1, 0.15) is 66.8 Å². The summed E-state index contributed by atoms with van der Waals surface area (Å²) in [4.78, 5) is 29.5. The first-order valence-corrected chi connectivity index (χ1v) is 13.4. The SMILES string of the molecule is O=C(NC1CCCCC1)[C@@H](c1ccccc1)N(C(=O)Cc1ccsc1)c1ccc2c(c1)CCC2. The molecule has 1 atom stereocenters. The van der Waals surface area contributed by atoms with Gasteiger partial charge in [0.25, 0.3) is 0 Å². The number of aryl methyl sites for hydroxylation is 2. The topological polar surface area (TPSA) is 49.4 Å². The Bertz CT molecular complexity index is 1120. The third kappa shape index (κ3) is 5.10. The fourth-order valence-corrected chi connectivity index (χ4v) is 6.05. The summed E-state index contributed by atoms with van der Waals surface area (Å²) in [5, 5.41) is 7.31. The molecule has 2 aliphatic carbocycles. The zero-order valence-corrected chi connectivity index (χ0v) is 20.4. The number of thiophene rings is 1. The molecular formula is C29H32N2O2S. The first kappa shape index (κ1) is 22.9. The number of nitrogens with zero attached hydrogens (tertiary/aromatic N) is 1. The van der Waals surface area contributed by atoms with E-state index in [9.17, 15) is 9.59 Å². The molecule has 3 aromatic rings. The average molecular weight is 473 g/mol. The van der Waals surface area contributed by atoms with Gasteiger partial charge in [0.05, 0.1) is 6.42 Å². The minimum atomic E-state index is -0.700. The molecule has 4 nitrogen and oxygen atoms in total. The fourth-order valence-electron chi connectivity index (χ4n) is 5.38. The van der Waals surface area contributed by atoms with Crippen molar-refractivity contribution in [1.82, 2.24) is 5.32 Å². The molecular weight excluding hydrogens is 440 g/mol. The Morgan fingerprint density at radius 3 is 2.50 bits per heavy atom. The van der Waals surface area contributed by atoms with E-state index in [4.69, 9.17) is 0 Å². The summed E-state index contributed by atoms with van der Waals surface area (Å²) < 4.78 is 0. The molecule has 34 heavy (non-hydrogen) atoms. The van der Waals surface area contributed by atoms with Gasteiger partial charge in [0, 0.05) is 11.7 Å². The Balaban J connectivity index is 1.54. The zero-order chi connectivity index (χ0) is 23.3. The van der Waals surface area contributed by atoms with Crippen LogP contribution in [-0.2, 0) is 28.9 Å². The number of benzene rings is 2. The monoisotopic (exact) mass is 472 g/mol. The zero-order valence-electron chi connectivity index (χ0n) is 19.5. The number of hydrogen-bond acceptors (Lipinski definition) is 3. The molecule has 1 heterocycles. The number of carbonyl (C=O) groups is 2. The Hall–Kier alpha value is -2.92. The minimum absolute atomic E-state index is 0.0519. The molecule has 0 spiro atoms. The van der Waals surface area contributed by atoms with Crippen LogP contribution < -0.4 is 10.2 Å². The predicted molar refractivity (Wildman–Crippen MR) is 138 cm³/mol. The van der Waals surface area contributed by atoms with Crippen LogP contribution in [0, 0.1) is 0 Å². The summed E-state index contributed by atoms with van der Waals surface area (Å²) in [6.45, 7) is 0. The van der Waals surface area contributed by atoms with Crippen LogP contribution in [0.4, 0.5) is 5.69 Å². The molecule has 2 amide bonds. The number of hydrogen-bond donors (Lipinski definition) is 1. The lowest BCUT2D eigenvalue weighted by atomic mass is 9.94. The van der Waals surface area contributed by atoms with Crippen LogP contribution in [0.5, 0.6) is 0 Å². The maximum atomic E-state index is 13.9. The smallest absolute Gasteiger partial charge is 0.248 e. The average Bonchev–Trinajstić information content (AvgIpc) is 3.55. The van der Waals surface area contributed by atoms with E-state index in [1.54, 1.807) is 16.2 Å². The van der Waals surface area contributed by atoms with Crippen molar-refractivity contribution in [1.29, 1.82) is 0 Å². The van der Waals surface area contributed by atoms with E-state index in [1.165, 1.54) is 17.5 Å². The lowest BCUT2D eigenvalue weighted by Gasteiger charge is -2.34. The molecule has 5 rings (SSSR count). The van der Waals surface area contributed by atoms with Gasteiger partial charge in [-0.1, -0.05) is 55.7 Å². The third-order valence-corrected chi connectivity index (χ3v) is 7.87. The van der Waals surface area contributed by atoms with Crippen molar-refractivity contribution in [3.8, 4) is 0 Å². The molecule has 0 aliphatic heterocycles. The maximum Gasteiger partial charge on any atom is 0.248 e. The molecule has 1 saturated carbocycles. The highest BCUT2D eigenvalue weighted by atomic mass is 32.1. The number of nitrogens with one attached hydrogen (secondary N) is 1. The van der Waals surface area contributed by atoms with E-state index in [0.29, 0.717) is 0 Å². The number of amides is 2. The minimum Gasteiger partial charge on any atom is -0.351 e. The van der Waals surface area contributed by atoms with Crippen LogP contribution in [0.25, 0.3) is 0 Å². The van der Waals surface area contributed by atoms with Gasteiger partial charge in [-0.2, -0.15) is 11.3 Å².